The van der Waals surface area contributed by atoms with Crippen LogP contribution in [-0.2, 0) is 6.42 Å². The van der Waals surface area contributed by atoms with E-state index in [-0.39, 0.29) is 0 Å². The molecule has 0 radical (unpaired) electrons. The molecule has 4 heteroatoms. The smallest absolute Gasteiger partial charge is 0.226 e. The monoisotopic (exact) mass is 246 g/mol. The first-order chi connectivity index (χ1) is 8.31. The lowest BCUT2D eigenvalue weighted by Crippen LogP contribution is -1.79. The van der Waals surface area contributed by atoms with Crippen LogP contribution in [0.1, 0.15) is 24.2 Å². The molecule has 3 nitrogen and oxygen atoms in total. The lowest BCUT2D eigenvalue weighted by Gasteiger charge is -1.95. The number of aromatic nitrogens is 2. The minimum atomic E-state index is 0.621. The van der Waals surface area contributed by atoms with Crippen molar-refractivity contribution in [3.63, 3.8) is 0 Å². The fraction of sp³-hybridized carbons (Fsp3) is 0.231. The lowest BCUT2D eigenvalue weighted by atomic mass is 10.2. The van der Waals surface area contributed by atoms with E-state index in [9.17, 15) is 0 Å². The summed E-state index contributed by atoms with van der Waals surface area (Å²) < 4.78 is 5.02. The average molecular weight is 246 g/mol. The van der Waals surface area contributed by atoms with Crippen LogP contribution in [0, 0.1) is 0 Å². The van der Waals surface area contributed by atoms with Crippen molar-refractivity contribution < 1.29 is 4.52 Å². The van der Waals surface area contributed by atoms with Crippen molar-refractivity contribution in [3.8, 4) is 0 Å². The molecule has 0 atom stereocenters. The predicted molar refractivity (Wildman–Crippen MR) is 70.8 cm³/mol. The molecule has 0 aliphatic heterocycles. The van der Waals surface area contributed by atoms with E-state index in [2.05, 4.69) is 40.7 Å². The van der Waals surface area contributed by atoms with Gasteiger partial charge in [-0.3, -0.25) is 0 Å². The zero-order chi connectivity index (χ0) is 12.1. The van der Waals surface area contributed by atoms with Crippen LogP contribution < -0.4 is 0 Å². The zero-order valence-electron chi connectivity index (χ0n) is 9.88. The third-order valence-electron chi connectivity index (χ3n) is 2.33. The maximum Gasteiger partial charge on any atom is 0.226 e. The number of hydrogen-bond acceptors (Lipinski definition) is 4. The van der Waals surface area contributed by atoms with Crippen LogP contribution in [0.15, 0.2) is 33.7 Å². The van der Waals surface area contributed by atoms with Gasteiger partial charge in [0.1, 0.15) is 0 Å². The number of nitrogens with zero attached hydrogens (tertiary/aromatic N) is 2. The van der Waals surface area contributed by atoms with Gasteiger partial charge in [0.2, 0.25) is 5.89 Å². The van der Waals surface area contributed by atoms with E-state index in [1.807, 2.05) is 19.1 Å². The average Bonchev–Trinajstić information content (AvgIpc) is 2.85. The molecule has 1 aromatic carbocycles. The molecule has 0 bridgehead atoms. The van der Waals surface area contributed by atoms with Crippen LogP contribution in [0.5, 0.6) is 0 Å². The molecule has 0 unspecified atom stereocenters. The molecule has 0 aliphatic carbocycles. The van der Waals surface area contributed by atoms with Gasteiger partial charge >= 0.3 is 0 Å². The van der Waals surface area contributed by atoms with Gasteiger partial charge in [-0.25, -0.2) is 0 Å². The first-order valence-corrected chi connectivity index (χ1v) is 6.69. The summed E-state index contributed by atoms with van der Waals surface area (Å²) in [4.78, 5) is 5.47. The first kappa shape index (κ1) is 11.9. The largest absolute Gasteiger partial charge is 0.339 e. The Bertz CT molecular complexity index is 502. The lowest BCUT2D eigenvalue weighted by molar-refractivity contribution is 0.380. The van der Waals surface area contributed by atoms with E-state index in [0.717, 1.165) is 12.0 Å². The van der Waals surface area contributed by atoms with Crippen molar-refractivity contribution in [1.29, 1.82) is 0 Å². The molecule has 88 valence electrons. The Kier molecular flexibility index (Phi) is 3.98. The highest BCUT2D eigenvalue weighted by Crippen LogP contribution is 2.16. The van der Waals surface area contributed by atoms with Crippen LogP contribution in [-0.4, -0.2) is 16.4 Å². The molecule has 0 fully saturated rings. The number of benzene rings is 1. The second-order valence-corrected chi connectivity index (χ2v) is 4.39. The van der Waals surface area contributed by atoms with Crippen molar-refractivity contribution in [2.75, 3.05) is 6.26 Å². The Labute approximate surface area is 105 Å². The second-order valence-electron chi connectivity index (χ2n) is 3.51. The van der Waals surface area contributed by atoms with Gasteiger partial charge in [0.15, 0.2) is 5.82 Å². The van der Waals surface area contributed by atoms with Gasteiger partial charge in [-0.05, 0) is 30.0 Å². The van der Waals surface area contributed by atoms with Gasteiger partial charge in [0, 0.05) is 11.3 Å². The summed E-state index contributed by atoms with van der Waals surface area (Å²) >= 11 is 1.73. The minimum absolute atomic E-state index is 0.621. The minimum Gasteiger partial charge on any atom is -0.339 e. The molecule has 0 amide bonds. The summed E-state index contributed by atoms with van der Waals surface area (Å²) in [5, 5.41) is 3.86. The molecule has 0 N–H and O–H groups in total. The Balaban J connectivity index is 2.08. The van der Waals surface area contributed by atoms with Crippen LogP contribution in [0.3, 0.4) is 0 Å². The molecule has 1 heterocycles. The first-order valence-electron chi connectivity index (χ1n) is 5.46. The van der Waals surface area contributed by atoms with Crippen LogP contribution >= 0.6 is 11.8 Å². The molecular weight excluding hydrogens is 232 g/mol. The fourth-order valence-corrected chi connectivity index (χ4v) is 1.77. The summed E-state index contributed by atoms with van der Waals surface area (Å²) in [6.07, 6.45) is 6.67. The molecule has 0 aliphatic rings. The molecule has 0 saturated heterocycles. The quantitative estimate of drug-likeness (QED) is 0.774. The summed E-state index contributed by atoms with van der Waals surface area (Å²) in [5.41, 5.74) is 1.13. The highest BCUT2D eigenvalue weighted by Gasteiger charge is 1.99. The van der Waals surface area contributed by atoms with Crippen LogP contribution in [0.4, 0.5) is 0 Å². The van der Waals surface area contributed by atoms with Crippen molar-refractivity contribution in [2.45, 2.75) is 18.2 Å². The summed E-state index contributed by atoms with van der Waals surface area (Å²) in [5.74, 6) is 1.29. The van der Waals surface area contributed by atoms with Crippen molar-refractivity contribution in [1.82, 2.24) is 10.1 Å². The predicted octanol–water partition coefficient (Wildman–Crippen LogP) is 3.52. The van der Waals surface area contributed by atoms with Crippen LogP contribution in [0.2, 0.25) is 0 Å². The maximum absolute atomic E-state index is 5.02. The third-order valence-corrected chi connectivity index (χ3v) is 3.07. The Morgan fingerprint density at radius 2 is 2.00 bits per heavy atom. The van der Waals surface area contributed by atoms with Gasteiger partial charge < -0.3 is 4.52 Å². The summed E-state index contributed by atoms with van der Waals surface area (Å²) in [6, 6.07) is 8.34. The molecule has 0 saturated carbocycles. The van der Waals surface area contributed by atoms with Crippen molar-refractivity contribution in [3.05, 3.63) is 41.5 Å². The zero-order valence-corrected chi connectivity index (χ0v) is 10.7. The topological polar surface area (TPSA) is 38.9 Å². The molecule has 0 spiro atoms. The van der Waals surface area contributed by atoms with Crippen LogP contribution in [0.25, 0.3) is 12.2 Å². The standard InChI is InChI=1S/C13H14N2OS/c1-3-13-14-12(15-16-13)9-6-10-4-7-11(17-2)8-5-10/h4-9H,3H2,1-2H3. The van der Waals surface area contributed by atoms with E-state index in [1.54, 1.807) is 11.8 Å². The maximum atomic E-state index is 5.02. The molecule has 17 heavy (non-hydrogen) atoms. The second kappa shape index (κ2) is 5.68. The Hall–Kier alpha value is -1.55. The van der Waals surface area contributed by atoms with E-state index in [0.29, 0.717) is 11.7 Å². The highest BCUT2D eigenvalue weighted by molar-refractivity contribution is 7.98. The van der Waals surface area contributed by atoms with E-state index in [4.69, 9.17) is 4.52 Å². The number of rotatable bonds is 4. The van der Waals surface area contributed by atoms with Crippen molar-refractivity contribution >= 4 is 23.9 Å². The normalized spacial score (nSPS) is 11.2. The van der Waals surface area contributed by atoms with Gasteiger partial charge in [-0.15, -0.1) is 11.8 Å². The Morgan fingerprint density at radius 1 is 1.24 bits per heavy atom. The van der Waals surface area contributed by atoms with Crippen molar-refractivity contribution in [2.24, 2.45) is 0 Å². The fourth-order valence-electron chi connectivity index (χ4n) is 1.37. The Morgan fingerprint density at radius 3 is 2.59 bits per heavy atom. The molecule has 2 rings (SSSR count). The van der Waals surface area contributed by atoms with E-state index < -0.39 is 0 Å². The molecular formula is C13H14N2OS. The van der Waals surface area contributed by atoms with Gasteiger partial charge in [0.25, 0.3) is 0 Å². The van der Waals surface area contributed by atoms with Gasteiger partial charge in [-0.1, -0.05) is 30.3 Å². The number of thioether (sulfide) groups is 1. The number of hydrogen-bond donors (Lipinski definition) is 0. The number of aryl methyl sites for hydroxylation is 1. The highest BCUT2D eigenvalue weighted by atomic mass is 32.2. The molecule has 1 aromatic heterocycles. The summed E-state index contributed by atoms with van der Waals surface area (Å²) in [6.45, 7) is 1.99. The SMILES string of the molecule is CCc1nc(C=Cc2ccc(SC)cc2)no1. The summed E-state index contributed by atoms with van der Waals surface area (Å²) in [7, 11) is 0. The molecule has 2 aromatic rings. The third kappa shape index (κ3) is 3.20. The van der Waals surface area contributed by atoms with Gasteiger partial charge in [0.05, 0.1) is 0 Å². The van der Waals surface area contributed by atoms with E-state index >= 15 is 0 Å². The van der Waals surface area contributed by atoms with E-state index in [1.165, 1.54) is 4.90 Å². The van der Waals surface area contributed by atoms with Gasteiger partial charge in [-0.2, -0.15) is 4.98 Å².